The van der Waals surface area contributed by atoms with Gasteiger partial charge in [0.1, 0.15) is 5.82 Å². The Labute approximate surface area is 106 Å². The Kier molecular flexibility index (Phi) is 2.26. The zero-order chi connectivity index (χ0) is 11.9. The quantitative estimate of drug-likeness (QED) is 0.813. The smallest absolute Gasteiger partial charge is 0.157 e. The van der Waals surface area contributed by atoms with E-state index in [1.165, 1.54) is 19.3 Å². The average Bonchev–Trinajstić information content (AvgIpc) is 2.95. The van der Waals surface area contributed by atoms with Crippen LogP contribution in [0, 0.1) is 0 Å². The van der Waals surface area contributed by atoms with E-state index in [9.17, 15) is 0 Å². The zero-order valence-corrected chi connectivity index (χ0v) is 10.3. The summed E-state index contributed by atoms with van der Waals surface area (Å²) < 4.78 is 1.81. The maximum Gasteiger partial charge on any atom is 0.157 e. The molecule has 0 saturated carbocycles. The third-order valence-corrected chi connectivity index (χ3v) is 4.09. The summed E-state index contributed by atoms with van der Waals surface area (Å²) in [5.41, 5.74) is 0.926. The van der Waals surface area contributed by atoms with Crippen molar-refractivity contribution < 1.29 is 0 Å². The van der Waals surface area contributed by atoms with Gasteiger partial charge in [-0.2, -0.15) is 5.10 Å². The topological polar surface area (TPSA) is 45.5 Å². The first kappa shape index (κ1) is 10.3. The second kappa shape index (κ2) is 3.95. The van der Waals surface area contributed by atoms with E-state index >= 15 is 0 Å². The molecule has 2 aliphatic heterocycles. The van der Waals surface area contributed by atoms with E-state index in [1.807, 2.05) is 16.8 Å². The molecule has 0 spiro atoms. The standard InChI is InChI=1S/C13H17N5/c1-2-11-9-17(7-4-10(1)15-11)12-5-8-18-13(16-12)3-6-14-18/h3,5-6,8,10-11,15H,1-2,4,7,9H2. The second-order valence-corrected chi connectivity index (χ2v) is 5.29. The molecule has 0 aromatic carbocycles. The Bertz CT molecular complexity index is 563. The lowest BCUT2D eigenvalue weighted by atomic mass is 10.1. The largest absolute Gasteiger partial charge is 0.355 e. The van der Waals surface area contributed by atoms with Crippen LogP contribution >= 0.6 is 0 Å². The summed E-state index contributed by atoms with van der Waals surface area (Å²) >= 11 is 0. The van der Waals surface area contributed by atoms with Gasteiger partial charge in [-0.05, 0) is 25.3 Å². The SMILES string of the molecule is c1cc2nc(N3CCC4CCC(C3)N4)ccn2n1. The number of aromatic nitrogens is 3. The van der Waals surface area contributed by atoms with Gasteiger partial charge < -0.3 is 10.2 Å². The fraction of sp³-hybridized carbons (Fsp3) is 0.538. The summed E-state index contributed by atoms with van der Waals surface area (Å²) in [7, 11) is 0. The maximum atomic E-state index is 4.68. The van der Waals surface area contributed by atoms with Crippen LogP contribution in [0.2, 0.25) is 0 Å². The van der Waals surface area contributed by atoms with E-state index in [0.29, 0.717) is 6.04 Å². The molecule has 2 unspecified atom stereocenters. The summed E-state index contributed by atoms with van der Waals surface area (Å²) in [6, 6.07) is 5.38. The van der Waals surface area contributed by atoms with Gasteiger partial charge in [0.25, 0.3) is 0 Å². The van der Waals surface area contributed by atoms with Crippen molar-refractivity contribution in [2.45, 2.75) is 31.3 Å². The highest BCUT2D eigenvalue weighted by Crippen LogP contribution is 2.23. The lowest BCUT2D eigenvalue weighted by molar-refractivity contribution is 0.563. The van der Waals surface area contributed by atoms with E-state index < -0.39 is 0 Å². The molecule has 5 nitrogen and oxygen atoms in total. The van der Waals surface area contributed by atoms with Crippen LogP contribution in [-0.2, 0) is 0 Å². The van der Waals surface area contributed by atoms with Gasteiger partial charge in [0.05, 0.1) is 6.20 Å². The highest BCUT2D eigenvalue weighted by Gasteiger charge is 2.29. The third-order valence-electron chi connectivity index (χ3n) is 4.09. The minimum atomic E-state index is 0.639. The Morgan fingerprint density at radius 3 is 3.11 bits per heavy atom. The van der Waals surface area contributed by atoms with Crippen LogP contribution in [0.1, 0.15) is 19.3 Å². The molecular formula is C13H17N5. The first-order chi connectivity index (χ1) is 8.88. The third kappa shape index (κ3) is 1.66. The fourth-order valence-electron chi connectivity index (χ4n) is 3.13. The number of fused-ring (bicyclic) bond motifs is 3. The second-order valence-electron chi connectivity index (χ2n) is 5.29. The van der Waals surface area contributed by atoms with Gasteiger partial charge in [0.2, 0.25) is 0 Å². The molecular weight excluding hydrogens is 226 g/mol. The van der Waals surface area contributed by atoms with Crippen molar-refractivity contribution in [1.29, 1.82) is 0 Å². The summed E-state index contributed by atoms with van der Waals surface area (Å²) in [6.07, 6.45) is 7.65. The molecule has 0 radical (unpaired) electrons. The molecule has 2 aromatic rings. The van der Waals surface area contributed by atoms with E-state index in [0.717, 1.165) is 30.6 Å². The van der Waals surface area contributed by atoms with Crippen molar-refractivity contribution >= 4 is 11.5 Å². The number of nitrogens with one attached hydrogen (secondary N) is 1. The van der Waals surface area contributed by atoms with Crippen LogP contribution in [-0.4, -0.2) is 39.8 Å². The summed E-state index contributed by atoms with van der Waals surface area (Å²) in [4.78, 5) is 7.09. The summed E-state index contributed by atoms with van der Waals surface area (Å²) in [6.45, 7) is 2.18. The molecule has 2 fully saturated rings. The Morgan fingerprint density at radius 2 is 2.11 bits per heavy atom. The monoisotopic (exact) mass is 243 g/mol. The number of rotatable bonds is 1. The maximum absolute atomic E-state index is 4.68. The molecule has 5 heteroatoms. The molecule has 0 amide bonds. The van der Waals surface area contributed by atoms with Crippen molar-refractivity contribution in [1.82, 2.24) is 19.9 Å². The van der Waals surface area contributed by atoms with E-state index in [2.05, 4.69) is 26.4 Å². The zero-order valence-electron chi connectivity index (χ0n) is 10.3. The van der Waals surface area contributed by atoms with Gasteiger partial charge in [-0.3, -0.25) is 0 Å². The molecule has 2 atom stereocenters. The molecule has 2 aliphatic rings. The lowest BCUT2D eigenvalue weighted by Crippen LogP contribution is -2.35. The first-order valence-corrected chi connectivity index (χ1v) is 6.70. The van der Waals surface area contributed by atoms with E-state index in [1.54, 1.807) is 6.20 Å². The fourth-order valence-corrected chi connectivity index (χ4v) is 3.13. The van der Waals surface area contributed by atoms with Crippen LogP contribution in [0.4, 0.5) is 5.82 Å². The van der Waals surface area contributed by atoms with Gasteiger partial charge >= 0.3 is 0 Å². The number of hydrogen-bond donors (Lipinski definition) is 1. The molecule has 4 rings (SSSR count). The number of anilines is 1. The number of hydrogen-bond acceptors (Lipinski definition) is 4. The van der Waals surface area contributed by atoms with Crippen molar-refractivity contribution in [2.75, 3.05) is 18.0 Å². The molecule has 2 aromatic heterocycles. The first-order valence-electron chi connectivity index (χ1n) is 6.70. The van der Waals surface area contributed by atoms with Crippen LogP contribution < -0.4 is 10.2 Å². The molecule has 0 aliphatic carbocycles. The van der Waals surface area contributed by atoms with Gasteiger partial charge in [-0.1, -0.05) is 0 Å². The van der Waals surface area contributed by atoms with Crippen molar-refractivity contribution in [3.05, 3.63) is 24.5 Å². The lowest BCUT2D eigenvalue weighted by Gasteiger charge is -2.25. The predicted octanol–water partition coefficient (Wildman–Crippen LogP) is 1.06. The highest BCUT2D eigenvalue weighted by molar-refractivity contribution is 5.47. The highest BCUT2D eigenvalue weighted by atomic mass is 15.3. The van der Waals surface area contributed by atoms with E-state index in [-0.39, 0.29) is 0 Å². The summed E-state index contributed by atoms with van der Waals surface area (Å²) in [5.74, 6) is 1.08. The Balaban J connectivity index is 1.65. The predicted molar refractivity (Wildman–Crippen MR) is 69.8 cm³/mol. The molecule has 2 saturated heterocycles. The molecule has 94 valence electrons. The minimum Gasteiger partial charge on any atom is -0.355 e. The van der Waals surface area contributed by atoms with Crippen LogP contribution in [0.15, 0.2) is 24.5 Å². The molecule has 2 bridgehead atoms. The van der Waals surface area contributed by atoms with Crippen molar-refractivity contribution in [3.63, 3.8) is 0 Å². The van der Waals surface area contributed by atoms with Crippen LogP contribution in [0.3, 0.4) is 0 Å². The molecule has 18 heavy (non-hydrogen) atoms. The Hall–Kier alpha value is -1.62. The number of nitrogens with zero attached hydrogens (tertiary/aromatic N) is 4. The van der Waals surface area contributed by atoms with Gasteiger partial charge in [-0.25, -0.2) is 9.50 Å². The van der Waals surface area contributed by atoms with Crippen molar-refractivity contribution in [3.8, 4) is 0 Å². The van der Waals surface area contributed by atoms with Gasteiger partial charge in [0.15, 0.2) is 5.65 Å². The van der Waals surface area contributed by atoms with E-state index in [4.69, 9.17) is 0 Å². The average molecular weight is 243 g/mol. The van der Waals surface area contributed by atoms with Crippen LogP contribution in [0.25, 0.3) is 5.65 Å². The normalized spacial score (nSPS) is 27.7. The molecule has 4 heterocycles. The minimum absolute atomic E-state index is 0.639. The molecule has 1 N–H and O–H groups in total. The van der Waals surface area contributed by atoms with Crippen molar-refractivity contribution in [2.24, 2.45) is 0 Å². The Morgan fingerprint density at radius 1 is 1.17 bits per heavy atom. The van der Waals surface area contributed by atoms with Crippen LogP contribution in [0.5, 0.6) is 0 Å². The van der Waals surface area contributed by atoms with Gasteiger partial charge in [0, 0.05) is 37.4 Å². The van der Waals surface area contributed by atoms with Gasteiger partial charge in [-0.15, -0.1) is 0 Å². The summed E-state index contributed by atoms with van der Waals surface area (Å²) in [5, 5.41) is 7.88.